The van der Waals surface area contributed by atoms with E-state index in [1.165, 1.54) is 0 Å². The summed E-state index contributed by atoms with van der Waals surface area (Å²) < 4.78 is 17.1. The number of benzene rings is 3. The average molecular weight is 416 g/mol. The van der Waals surface area contributed by atoms with Crippen LogP contribution in [0.1, 0.15) is 16.8 Å². The molecule has 4 aromatic rings. The Morgan fingerprint density at radius 2 is 1.61 bits per heavy atom. The molecule has 0 spiro atoms. The maximum atomic E-state index is 10.7. The van der Waals surface area contributed by atoms with Gasteiger partial charge in [-0.15, -0.1) is 0 Å². The number of ether oxygens (including phenoxy) is 3. The highest BCUT2D eigenvalue weighted by atomic mass is 16.5. The van der Waals surface area contributed by atoms with Gasteiger partial charge in [-0.25, -0.2) is 0 Å². The van der Waals surface area contributed by atoms with Gasteiger partial charge in [0.1, 0.15) is 35.3 Å². The quantitative estimate of drug-likeness (QED) is 0.399. The number of hydrogen-bond donors (Lipinski definition) is 2. The highest BCUT2D eigenvalue weighted by Gasteiger charge is 2.18. The van der Waals surface area contributed by atoms with E-state index in [4.69, 9.17) is 14.2 Å². The molecule has 0 fully saturated rings. The van der Waals surface area contributed by atoms with E-state index in [0.717, 1.165) is 22.6 Å². The first-order valence-corrected chi connectivity index (χ1v) is 9.92. The first kappa shape index (κ1) is 20.3. The van der Waals surface area contributed by atoms with Gasteiger partial charge in [-0.05, 0) is 61.4 Å². The number of rotatable bonds is 7. The number of aromatic amines is 1. The Kier molecular flexibility index (Phi) is 5.80. The Hall–Kier alpha value is -3.93. The van der Waals surface area contributed by atoms with Gasteiger partial charge in [0.15, 0.2) is 5.75 Å². The summed E-state index contributed by atoms with van der Waals surface area (Å²) in [6, 6.07) is 20.5. The zero-order valence-electron chi connectivity index (χ0n) is 17.7. The van der Waals surface area contributed by atoms with Gasteiger partial charge in [0, 0.05) is 11.6 Å². The topological polar surface area (TPSA) is 76.6 Å². The summed E-state index contributed by atoms with van der Waals surface area (Å²) in [5.74, 6) is 2.58. The van der Waals surface area contributed by atoms with Gasteiger partial charge in [0.2, 0.25) is 0 Å². The maximum absolute atomic E-state index is 10.7. The lowest BCUT2D eigenvalue weighted by Gasteiger charge is -2.11. The molecule has 0 unspecified atom stereocenters. The van der Waals surface area contributed by atoms with Crippen LogP contribution in [0.25, 0.3) is 11.3 Å². The number of nitrogens with one attached hydrogen (secondary N) is 1. The minimum Gasteiger partial charge on any atom is -0.507 e. The van der Waals surface area contributed by atoms with E-state index >= 15 is 0 Å². The largest absolute Gasteiger partial charge is 0.507 e. The highest BCUT2D eigenvalue weighted by molar-refractivity contribution is 5.74. The van der Waals surface area contributed by atoms with Crippen molar-refractivity contribution in [3.05, 3.63) is 83.6 Å². The van der Waals surface area contributed by atoms with Crippen LogP contribution < -0.4 is 14.2 Å². The number of H-pyrrole nitrogens is 1. The third-order valence-corrected chi connectivity index (χ3v) is 5.05. The summed E-state index contributed by atoms with van der Waals surface area (Å²) in [7, 11) is 1.62. The van der Waals surface area contributed by atoms with E-state index in [1.54, 1.807) is 19.2 Å². The smallest absolute Gasteiger partial charge is 0.176 e. The molecule has 31 heavy (non-hydrogen) atoms. The van der Waals surface area contributed by atoms with E-state index < -0.39 is 0 Å². The summed E-state index contributed by atoms with van der Waals surface area (Å²) in [5, 5.41) is 17.9. The van der Waals surface area contributed by atoms with Crippen molar-refractivity contribution >= 4 is 0 Å². The van der Waals surface area contributed by atoms with Gasteiger partial charge >= 0.3 is 0 Å². The van der Waals surface area contributed by atoms with E-state index in [0.29, 0.717) is 35.1 Å². The normalized spacial score (nSPS) is 10.7. The van der Waals surface area contributed by atoms with Crippen molar-refractivity contribution in [2.75, 3.05) is 7.11 Å². The second-order valence-electron chi connectivity index (χ2n) is 7.20. The predicted octanol–water partition coefficient (Wildman–Crippen LogP) is 5.78. The molecule has 4 rings (SSSR count). The van der Waals surface area contributed by atoms with E-state index in [2.05, 4.69) is 10.2 Å². The summed E-state index contributed by atoms with van der Waals surface area (Å²) in [6.45, 7) is 4.34. The molecule has 0 bridgehead atoms. The van der Waals surface area contributed by atoms with Crippen LogP contribution in [0.4, 0.5) is 0 Å². The molecule has 0 atom stereocenters. The zero-order valence-corrected chi connectivity index (χ0v) is 17.7. The number of phenols is 1. The molecular formula is C25H24N2O4. The minimum atomic E-state index is 0.0633. The fraction of sp³-hybridized carbons (Fsp3) is 0.160. The molecule has 0 radical (unpaired) electrons. The molecule has 1 heterocycles. The molecular weight excluding hydrogens is 392 g/mol. The van der Waals surface area contributed by atoms with Crippen LogP contribution in [-0.4, -0.2) is 22.4 Å². The summed E-state index contributed by atoms with van der Waals surface area (Å²) in [6.07, 6.45) is 0. The van der Waals surface area contributed by atoms with Crippen LogP contribution in [0, 0.1) is 13.8 Å². The van der Waals surface area contributed by atoms with Crippen molar-refractivity contribution in [3.8, 4) is 40.0 Å². The SMILES string of the molecule is COc1ccc(Oc2c(-c3ccc(OCc4ccccc4C)cc3O)n[nH]c2C)cc1. The fourth-order valence-corrected chi connectivity index (χ4v) is 3.22. The molecule has 0 saturated heterocycles. The fourth-order valence-electron chi connectivity index (χ4n) is 3.22. The van der Waals surface area contributed by atoms with Crippen LogP contribution in [-0.2, 0) is 6.61 Å². The van der Waals surface area contributed by atoms with Crippen molar-refractivity contribution in [1.82, 2.24) is 10.2 Å². The third kappa shape index (κ3) is 4.48. The molecule has 2 N–H and O–H groups in total. The van der Waals surface area contributed by atoms with E-state index in [1.807, 2.05) is 68.4 Å². The van der Waals surface area contributed by atoms with Crippen molar-refractivity contribution in [3.63, 3.8) is 0 Å². The zero-order chi connectivity index (χ0) is 21.8. The van der Waals surface area contributed by atoms with Gasteiger partial charge in [0.05, 0.1) is 12.8 Å². The first-order chi connectivity index (χ1) is 15.0. The van der Waals surface area contributed by atoms with Crippen molar-refractivity contribution in [2.45, 2.75) is 20.5 Å². The Morgan fingerprint density at radius 1 is 0.903 bits per heavy atom. The van der Waals surface area contributed by atoms with Gasteiger partial charge in [-0.3, -0.25) is 5.10 Å². The molecule has 3 aromatic carbocycles. The van der Waals surface area contributed by atoms with Crippen molar-refractivity contribution in [1.29, 1.82) is 0 Å². The minimum absolute atomic E-state index is 0.0633. The molecule has 0 aliphatic rings. The number of nitrogens with zero attached hydrogens (tertiary/aromatic N) is 1. The van der Waals surface area contributed by atoms with Gasteiger partial charge in [-0.1, -0.05) is 24.3 Å². The second kappa shape index (κ2) is 8.83. The molecule has 0 saturated carbocycles. The average Bonchev–Trinajstić information content (AvgIpc) is 3.13. The Balaban J connectivity index is 1.55. The second-order valence-corrected chi connectivity index (χ2v) is 7.20. The van der Waals surface area contributed by atoms with Gasteiger partial charge in [-0.2, -0.15) is 5.10 Å². The lowest BCUT2D eigenvalue weighted by atomic mass is 10.1. The molecule has 158 valence electrons. The van der Waals surface area contributed by atoms with Gasteiger partial charge < -0.3 is 19.3 Å². The summed E-state index contributed by atoms with van der Waals surface area (Å²) in [5.41, 5.74) is 4.09. The molecule has 0 aliphatic carbocycles. The number of hydrogen-bond acceptors (Lipinski definition) is 5. The standard InChI is InChI=1S/C25H24N2O4/c1-16-6-4-5-7-18(16)15-30-21-12-13-22(23(28)14-21)24-25(17(2)26-27-24)31-20-10-8-19(29-3)9-11-20/h4-14,28H,15H2,1-3H3,(H,26,27). The van der Waals surface area contributed by atoms with E-state index in [-0.39, 0.29) is 5.75 Å². The number of methoxy groups -OCH3 is 1. The number of aryl methyl sites for hydroxylation is 2. The van der Waals surface area contributed by atoms with E-state index in [9.17, 15) is 5.11 Å². The van der Waals surface area contributed by atoms with Crippen LogP contribution in [0.3, 0.4) is 0 Å². The number of aromatic nitrogens is 2. The molecule has 6 nitrogen and oxygen atoms in total. The Bertz CT molecular complexity index is 1180. The summed E-state index contributed by atoms with van der Waals surface area (Å²) >= 11 is 0. The summed E-state index contributed by atoms with van der Waals surface area (Å²) in [4.78, 5) is 0. The van der Waals surface area contributed by atoms with Gasteiger partial charge in [0.25, 0.3) is 0 Å². The van der Waals surface area contributed by atoms with Crippen LogP contribution in [0.2, 0.25) is 0 Å². The molecule has 0 amide bonds. The monoisotopic (exact) mass is 416 g/mol. The predicted molar refractivity (Wildman–Crippen MR) is 119 cm³/mol. The lowest BCUT2D eigenvalue weighted by molar-refractivity contribution is 0.303. The molecule has 0 aliphatic heterocycles. The van der Waals surface area contributed by atoms with Crippen molar-refractivity contribution < 1.29 is 19.3 Å². The lowest BCUT2D eigenvalue weighted by Crippen LogP contribution is -1.97. The first-order valence-electron chi connectivity index (χ1n) is 9.92. The number of phenolic OH excluding ortho intramolecular Hbond substituents is 1. The Morgan fingerprint density at radius 3 is 2.32 bits per heavy atom. The van der Waals surface area contributed by atoms with Crippen LogP contribution in [0.15, 0.2) is 66.7 Å². The molecule has 6 heteroatoms. The number of aromatic hydroxyl groups is 1. The maximum Gasteiger partial charge on any atom is 0.176 e. The van der Waals surface area contributed by atoms with Crippen molar-refractivity contribution in [2.24, 2.45) is 0 Å². The Labute approximate surface area is 181 Å². The third-order valence-electron chi connectivity index (χ3n) is 5.05. The van der Waals surface area contributed by atoms with Crippen LogP contribution in [0.5, 0.6) is 28.7 Å². The molecule has 1 aromatic heterocycles. The van der Waals surface area contributed by atoms with Crippen LogP contribution >= 0.6 is 0 Å². The highest BCUT2D eigenvalue weighted by Crippen LogP contribution is 2.40.